The van der Waals surface area contributed by atoms with Gasteiger partial charge in [0.05, 0.1) is 23.2 Å². The van der Waals surface area contributed by atoms with Crippen molar-refractivity contribution in [3.63, 3.8) is 0 Å². The summed E-state index contributed by atoms with van der Waals surface area (Å²) >= 11 is 1.24. The second-order valence-corrected chi connectivity index (χ2v) is 6.78. The van der Waals surface area contributed by atoms with Crippen molar-refractivity contribution in [1.29, 1.82) is 0 Å². The van der Waals surface area contributed by atoms with E-state index in [4.69, 9.17) is 4.74 Å². The van der Waals surface area contributed by atoms with E-state index in [1.807, 2.05) is 24.3 Å². The zero-order chi connectivity index (χ0) is 18.0. The molecule has 6 nitrogen and oxygen atoms in total. The molecule has 0 aliphatic rings. The van der Waals surface area contributed by atoms with E-state index < -0.39 is 0 Å². The normalized spacial score (nSPS) is 11.0. The van der Waals surface area contributed by atoms with E-state index in [0.717, 1.165) is 11.1 Å². The third-order valence-electron chi connectivity index (χ3n) is 4.07. The molecule has 0 fully saturated rings. The summed E-state index contributed by atoms with van der Waals surface area (Å²) in [7, 11) is 3.29. The molecule has 2 aromatic heterocycles. The summed E-state index contributed by atoms with van der Waals surface area (Å²) in [6, 6.07) is 7.81. The number of hydrogen-bond donors (Lipinski definition) is 1. The molecule has 1 N–H and O–H groups in total. The highest BCUT2D eigenvalue weighted by atomic mass is 32.1. The number of amides is 1. The number of fused-ring (bicyclic) bond motifs is 1. The van der Waals surface area contributed by atoms with Crippen LogP contribution in [-0.2, 0) is 24.9 Å². The molecule has 0 radical (unpaired) electrons. The molecule has 0 aliphatic carbocycles. The number of carbonyl (C=O) groups excluding carboxylic acids is 1. The van der Waals surface area contributed by atoms with Gasteiger partial charge in [-0.15, -0.1) is 11.3 Å². The molecule has 2 heterocycles. The Hall–Kier alpha value is -2.51. The minimum Gasteiger partial charge on any atom is -0.380 e. The van der Waals surface area contributed by atoms with Crippen LogP contribution in [0.1, 0.15) is 26.4 Å². The van der Waals surface area contributed by atoms with Gasteiger partial charge < -0.3 is 14.6 Å². The van der Waals surface area contributed by atoms with Crippen LogP contribution in [0, 0.1) is 6.92 Å². The average Bonchev–Trinajstić information content (AvgIpc) is 2.95. The summed E-state index contributed by atoms with van der Waals surface area (Å²) in [5, 5.41) is 3.44. The van der Waals surface area contributed by atoms with Crippen molar-refractivity contribution in [2.24, 2.45) is 7.05 Å². The van der Waals surface area contributed by atoms with Crippen LogP contribution in [0.25, 0.3) is 10.2 Å². The summed E-state index contributed by atoms with van der Waals surface area (Å²) < 4.78 is 6.61. The number of hydrogen-bond acceptors (Lipinski definition) is 5. The van der Waals surface area contributed by atoms with E-state index in [-0.39, 0.29) is 11.5 Å². The quantitative estimate of drug-likeness (QED) is 0.761. The number of ether oxygens (including phenoxy) is 1. The minimum atomic E-state index is -0.199. The highest BCUT2D eigenvalue weighted by Gasteiger charge is 2.19. The van der Waals surface area contributed by atoms with Gasteiger partial charge in [-0.3, -0.25) is 9.59 Å². The highest BCUT2D eigenvalue weighted by molar-refractivity contribution is 7.20. The molecular formula is C18H19N3O3S. The Morgan fingerprint density at radius 3 is 2.76 bits per heavy atom. The monoisotopic (exact) mass is 357 g/mol. The first kappa shape index (κ1) is 17.3. The lowest BCUT2D eigenvalue weighted by molar-refractivity contribution is 0.0954. The van der Waals surface area contributed by atoms with Gasteiger partial charge in [-0.05, 0) is 23.6 Å². The van der Waals surface area contributed by atoms with Gasteiger partial charge >= 0.3 is 0 Å². The molecule has 0 bridgehead atoms. The average molecular weight is 357 g/mol. The fraction of sp³-hybridized carbons (Fsp3) is 0.278. The van der Waals surface area contributed by atoms with Gasteiger partial charge in [0.25, 0.3) is 11.5 Å². The van der Waals surface area contributed by atoms with Crippen LogP contribution in [0.2, 0.25) is 0 Å². The van der Waals surface area contributed by atoms with Crippen LogP contribution in [0.3, 0.4) is 0 Å². The van der Waals surface area contributed by atoms with Crippen molar-refractivity contribution in [1.82, 2.24) is 14.9 Å². The molecule has 25 heavy (non-hydrogen) atoms. The van der Waals surface area contributed by atoms with Crippen molar-refractivity contribution < 1.29 is 9.53 Å². The summed E-state index contributed by atoms with van der Waals surface area (Å²) in [5.74, 6) is -0.199. The Labute approximate surface area is 149 Å². The van der Waals surface area contributed by atoms with Gasteiger partial charge in [-0.1, -0.05) is 24.3 Å². The number of rotatable bonds is 5. The van der Waals surface area contributed by atoms with E-state index >= 15 is 0 Å². The Balaban J connectivity index is 1.85. The maximum Gasteiger partial charge on any atom is 0.262 e. The van der Waals surface area contributed by atoms with Crippen molar-refractivity contribution in [3.8, 4) is 0 Å². The molecule has 7 heteroatoms. The summed E-state index contributed by atoms with van der Waals surface area (Å²) in [5.41, 5.74) is 2.58. The molecule has 0 aliphatic heterocycles. The summed E-state index contributed by atoms with van der Waals surface area (Å²) in [6.45, 7) is 2.68. The zero-order valence-corrected chi connectivity index (χ0v) is 15.1. The topological polar surface area (TPSA) is 73.2 Å². The third-order valence-corrected chi connectivity index (χ3v) is 5.27. The van der Waals surface area contributed by atoms with Crippen LogP contribution in [-0.4, -0.2) is 22.6 Å². The van der Waals surface area contributed by atoms with Crippen LogP contribution in [0.15, 0.2) is 35.4 Å². The smallest absolute Gasteiger partial charge is 0.262 e. The van der Waals surface area contributed by atoms with Gasteiger partial charge in [0, 0.05) is 20.7 Å². The molecule has 0 saturated heterocycles. The fourth-order valence-electron chi connectivity index (χ4n) is 2.71. The predicted octanol–water partition coefficient (Wildman–Crippen LogP) is 2.38. The van der Waals surface area contributed by atoms with Crippen LogP contribution in [0.5, 0.6) is 0 Å². The third kappa shape index (κ3) is 3.33. The number of methoxy groups -OCH3 is 1. The first-order valence-electron chi connectivity index (χ1n) is 7.81. The molecule has 0 saturated carbocycles. The van der Waals surface area contributed by atoms with E-state index in [1.54, 1.807) is 21.1 Å². The Morgan fingerprint density at radius 1 is 1.32 bits per heavy atom. The van der Waals surface area contributed by atoms with Gasteiger partial charge in [-0.2, -0.15) is 0 Å². The van der Waals surface area contributed by atoms with E-state index in [9.17, 15) is 9.59 Å². The molecule has 1 amide bonds. The first-order valence-corrected chi connectivity index (χ1v) is 8.63. The van der Waals surface area contributed by atoms with Gasteiger partial charge in [0.2, 0.25) is 0 Å². The maximum absolute atomic E-state index is 12.6. The van der Waals surface area contributed by atoms with E-state index in [1.165, 1.54) is 22.2 Å². The number of aryl methyl sites for hydroxylation is 2. The van der Waals surface area contributed by atoms with E-state index in [2.05, 4.69) is 10.3 Å². The van der Waals surface area contributed by atoms with Crippen molar-refractivity contribution >= 4 is 27.5 Å². The lowest BCUT2D eigenvalue weighted by Crippen LogP contribution is -2.23. The molecule has 0 unspecified atom stereocenters. The number of nitrogens with zero attached hydrogens (tertiary/aromatic N) is 2. The molecule has 3 rings (SSSR count). The van der Waals surface area contributed by atoms with Crippen molar-refractivity contribution in [2.45, 2.75) is 20.1 Å². The van der Waals surface area contributed by atoms with Gasteiger partial charge in [0.1, 0.15) is 4.83 Å². The lowest BCUT2D eigenvalue weighted by Gasteiger charge is -2.09. The van der Waals surface area contributed by atoms with Gasteiger partial charge in [-0.25, -0.2) is 4.98 Å². The summed E-state index contributed by atoms with van der Waals surface area (Å²) in [6.07, 6.45) is 1.48. The number of aromatic nitrogens is 2. The second-order valence-electron chi connectivity index (χ2n) is 5.78. The predicted molar refractivity (Wildman–Crippen MR) is 97.9 cm³/mol. The Morgan fingerprint density at radius 2 is 2.04 bits per heavy atom. The van der Waals surface area contributed by atoms with Crippen LogP contribution < -0.4 is 10.9 Å². The van der Waals surface area contributed by atoms with Crippen LogP contribution >= 0.6 is 11.3 Å². The molecule has 1 aromatic carbocycles. The minimum absolute atomic E-state index is 0.136. The molecule has 3 aromatic rings. The second kappa shape index (κ2) is 7.16. The van der Waals surface area contributed by atoms with Crippen molar-refractivity contribution in [2.75, 3.05) is 7.11 Å². The summed E-state index contributed by atoms with van der Waals surface area (Å²) in [4.78, 5) is 30.2. The molecule has 130 valence electrons. The maximum atomic E-state index is 12.6. The number of thiophene rings is 1. The lowest BCUT2D eigenvalue weighted by atomic mass is 10.1. The number of benzene rings is 1. The SMILES string of the molecule is COCc1ccccc1CNC(=O)c1sc2ncn(C)c(=O)c2c1C. The van der Waals surface area contributed by atoms with Crippen LogP contribution in [0.4, 0.5) is 0 Å². The Bertz CT molecular complexity index is 991. The first-order chi connectivity index (χ1) is 12.0. The molecule has 0 atom stereocenters. The largest absolute Gasteiger partial charge is 0.380 e. The van der Waals surface area contributed by atoms with E-state index in [0.29, 0.717) is 33.8 Å². The van der Waals surface area contributed by atoms with Gasteiger partial charge in [0.15, 0.2) is 0 Å². The molecule has 0 spiro atoms. The standard InChI is InChI=1S/C18H19N3O3S/c1-11-14-17(20-10-21(2)18(14)23)25-15(11)16(22)19-8-12-6-4-5-7-13(12)9-24-3/h4-7,10H,8-9H2,1-3H3,(H,19,22). The zero-order valence-electron chi connectivity index (χ0n) is 14.3. The highest BCUT2D eigenvalue weighted by Crippen LogP contribution is 2.26. The number of nitrogens with one attached hydrogen (secondary N) is 1. The van der Waals surface area contributed by atoms with Crippen molar-refractivity contribution in [3.05, 3.63) is 62.5 Å². The number of carbonyl (C=O) groups is 1. The molecular weight excluding hydrogens is 338 g/mol. The fourth-order valence-corrected chi connectivity index (χ4v) is 3.76. The Kier molecular flexibility index (Phi) is 4.96.